The molecule has 1 unspecified atom stereocenters. The van der Waals surface area contributed by atoms with Crippen LogP contribution in [0.25, 0.3) is 0 Å². The Kier molecular flexibility index (Phi) is 3.12. The number of aliphatic hydroxyl groups excluding tert-OH is 1. The highest BCUT2D eigenvalue weighted by Crippen LogP contribution is 2.07. The Labute approximate surface area is 82.6 Å². The van der Waals surface area contributed by atoms with E-state index in [9.17, 15) is 8.42 Å². The Hall–Kier alpha value is -1.08. The highest BCUT2D eigenvalue weighted by atomic mass is 32.2. The third-order valence-electron chi connectivity index (χ3n) is 1.84. The van der Waals surface area contributed by atoms with Crippen molar-refractivity contribution < 1.29 is 13.5 Å². The average molecular weight is 219 g/mol. The molecule has 7 heteroatoms. The molecule has 0 amide bonds. The molecule has 0 aromatic carbocycles. The summed E-state index contributed by atoms with van der Waals surface area (Å²) < 4.78 is 26.7. The first-order chi connectivity index (χ1) is 6.47. The van der Waals surface area contributed by atoms with Gasteiger partial charge < -0.3 is 9.67 Å². The fourth-order valence-electron chi connectivity index (χ4n) is 0.790. The van der Waals surface area contributed by atoms with Gasteiger partial charge in [0.2, 0.25) is 16.0 Å². The lowest BCUT2D eigenvalue weighted by atomic mass is 10.5. The zero-order chi connectivity index (χ0) is 10.8. The maximum atomic E-state index is 11.5. The lowest BCUT2D eigenvalue weighted by molar-refractivity contribution is 0.296. The maximum Gasteiger partial charge on any atom is 0.239 e. The number of sulfonamides is 1. The Bertz CT molecular complexity index is 398. The molecule has 0 fully saturated rings. The van der Waals surface area contributed by atoms with Gasteiger partial charge in [0.25, 0.3) is 0 Å². The van der Waals surface area contributed by atoms with Crippen molar-refractivity contribution in [1.82, 2.24) is 9.55 Å². The van der Waals surface area contributed by atoms with Crippen LogP contribution in [0.2, 0.25) is 0 Å². The molecule has 0 spiro atoms. The highest BCUT2D eigenvalue weighted by molar-refractivity contribution is 7.93. The molecule has 2 N–H and O–H groups in total. The van der Waals surface area contributed by atoms with E-state index < -0.39 is 21.9 Å². The lowest BCUT2D eigenvalue weighted by Gasteiger charge is -2.11. The minimum absolute atomic E-state index is 0.241. The van der Waals surface area contributed by atoms with Crippen LogP contribution in [-0.2, 0) is 17.1 Å². The van der Waals surface area contributed by atoms with Crippen LogP contribution in [0.5, 0.6) is 0 Å². The van der Waals surface area contributed by atoms with Gasteiger partial charge in [0, 0.05) is 19.4 Å². The third-order valence-corrected chi connectivity index (χ3v) is 3.52. The lowest BCUT2D eigenvalue weighted by Crippen LogP contribution is -2.29. The van der Waals surface area contributed by atoms with E-state index in [1.807, 2.05) is 0 Å². The van der Waals surface area contributed by atoms with Gasteiger partial charge in [-0.05, 0) is 6.92 Å². The second kappa shape index (κ2) is 3.97. The van der Waals surface area contributed by atoms with Gasteiger partial charge in [0.1, 0.15) is 5.25 Å². The SMILES string of the molecule is CC(CO)S(=O)(=O)Nc1nccn1C. The van der Waals surface area contributed by atoms with Crippen molar-refractivity contribution in [3.05, 3.63) is 12.4 Å². The van der Waals surface area contributed by atoms with E-state index >= 15 is 0 Å². The molecule has 1 aromatic heterocycles. The summed E-state index contributed by atoms with van der Waals surface area (Å²) in [7, 11) is -1.86. The van der Waals surface area contributed by atoms with E-state index in [2.05, 4.69) is 9.71 Å². The Morgan fingerprint density at radius 1 is 1.71 bits per heavy atom. The molecule has 0 bridgehead atoms. The normalized spacial score (nSPS) is 13.9. The summed E-state index contributed by atoms with van der Waals surface area (Å²) in [4.78, 5) is 3.81. The van der Waals surface area contributed by atoms with Crippen LogP contribution in [0.1, 0.15) is 6.92 Å². The van der Waals surface area contributed by atoms with Crippen molar-refractivity contribution in [1.29, 1.82) is 0 Å². The van der Waals surface area contributed by atoms with Gasteiger partial charge in [-0.2, -0.15) is 0 Å². The van der Waals surface area contributed by atoms with Gasteiger partial charge >= 0.3 is 0 Å². The molecule has 0 radical (unpaired) electrons. The number of aliphatic hydroxyl groups is 1. The number of aromatic nitrogens is 2. The molecule has 0 aliphatic carbocycles. The smallest absolute Gasteiger partial charge is 0.239 e. The first kappa shape index (κ1) is 11.0. The van der Waals surface area contributed by atoms with E-state index in [0.29, 0.717) is 0 Å². The van der Waals surface area contributed by atoms with Crippen molar-refractivity contribution >= 4 is 16.0 Å². The molecule has 1 atom stereocenters. The van der Waals surface area contributed by atoms with Crippen molar-refractivity contribution in [3.8, 4) is 0 Å². The van der Waals surface area contributed by atoms with Crippen molar-refractivity contribution in [2.45, 2.75) is 12.2 Å². The predicted octanol–water partition coefficient (Wildman–Crippen LogP) is -0.457. The molecule has 6 nitrogen and oxygen atoms in total. The number of hydrogen-bond acceptors (Lipinski definition) is 4. The average Bonchev–Trinajstić information content (AvgIpc) is 2.50. The molecule has 1 aromatic rings. The topological polar surface area (TPSA) is 84.2 Å². The van der Waals surface area contributed by atoms with E-state index in [1.165, 1.54) is 13.1 Å². The Balaban J connectivity index is 2.84. The number of aryl methyl sites for hydroxylation is 1. The second-order valence-corrected chi connectivity index (χ2v) is 5.10. The standard InChI is InChI=1S/C7H13N3O3S/c1-6(5-11)14(12,13)9-7-8-3-4-10(7)2/h3-4,6,11H,5H2,1-2H3,(H,8,9). The van der Waals surface area contributed by atoms with Crippen LogP contribution >= 0.6 is 0 Å². The quantitative estimate of drug-likeness (QED) is 0.718. The van der Waals surface area contributed by atoms with Gasteiger partial charge in [0.15, 0.2) is 0 Å². The Morgan fingerprint density at radius 3 is 2.79 bits per heavy atom. The van der Waals surface area contributed by atoms with Gasteiger partial charge in [-0.3, -0.25) is 4.72 Å². The summed E-state index contributed by atoms with van der Waals surface area (Å²) in [6, 6.07) is 0. The molecule has 14 heavy (non-hydrogen) atoms. The molecule has 0 saturated heterocycles. The first-order valence-electron chi connectivity index (χ1n) is 4.07. The largest absolute Gasteiger partial charge is 0.395 e. The maximum absolute atomic E-state index is 11.5. The monoisotopic (exact) mass is 219 g/mol. The number of hydrogen-bond donors (Lipinski definition) is 2. The first-order valence-corrected chi connectivity index (χ1v) is 5.62. The molecule has 0 aliphatic heterocycles. The van der Waals surface area contributed by atoms with E-state index in [-0.39, 0.29) is 5.95 Å². The summed E-state index contributed by atoms with van der Waals surface area (Å²) in [5.74, 6) is 0.241. The van der Waals surface area contributed by atoms with Crippen LogP contribution in [-0.4, -0.2) is 34.9 Å². The number of nitrogens with zero attached hydrogens (tertiary/aromatic N) is 2. The van der Waals surface area contributed by atoms with Gasteiger partial charge in [-0.25, -0.2) is 13.4 Å². The van der Waals surface area contributed by atoms with Crippen molar-refractivity contribution in [2.75, 3.05) is 11.3 Å². The minimum atomic E-state index is -3.54. The summed E-state index contributed by atoms with van der Waals surface area (Å²) >= 11 is 0. The fraction of sp³-hybridized carbons (Fsp3) is 0.571. The van der Waals surface area contributed by atoms with Crippen LogP contribution in [0, 0.1) is 0 Å². The summed E-state index contributed by atoms with van der Waals surface area (Å²) in [5.41, 5.74) is 0. The molecule has 80 valence electrons. The molecular weight excluding hydrogens is 206 g/mol. The summed E-state index contributed by atoms with van der Waals surface area (Å²) in [6.45, 7) is 1.00. The van der Waals surface area contributed by atoms with Gasteiger partial charge in [-0.1, -0.05) is 0 Å². The Morgan fingerprint density at radius 2 is 2.36 bits per heavy atom. The van der Waals surface area contributed by atoms with E-state index in [0.717, 1.165) is 0 Å². The van der Waals surface area contributed by atoms with Crippen molar-refractivity contribution in [2.24, 2.45) is 7.05 Å². The van der Waals surface area contributed by atoms with E-state index in [1.54, 1.807) is 17.8 Å². The zero-order valence-corrected chi connectivity index (χ0v) is 8.82. The van der Waals surface area contributed by atoms with Crippen LogP contribution in [0.15, 0.2) is 12.4 Å². The minimum Gasteiger partial charge on any atom is -0.395 e. The van der Waals surface area contributed by atoms with E-state index in [4.69, 9.17) is 5.11 Å². The molecule has 1 rings (SSSR count). The predicted molar refractivity (Wildman–Crippen MR) is 52.3 cm³/mol. The molecule has 1 heterocycles. The summed E-state index contributed by atoms with van der Waals surface area (Å²) in [5, 5.41) is 7.87. The molecular formula is C7H13N3O3S. The van der Waals surface area contributed by atoms with Crippen LogP contribution < -0.4 is 4.72 Å². The second-order valence-electron chi connectivity index (χ2n) is 3.00. The number of nitrogens with one attached hydrogen (secondary N) is 1. The van der Waals surface area contributed by atoms with Crippen LogP contribution in [0.4, 0.5) is 5.95 Å². The third kappa shape index (κ3) is 2.24. The number of imidazole rings is 1. The molecule has 0 saturated carbocycles. The van der Waals surface area contributed by atoms with Gasteiger partial charge in [0.05, 0.1) is 6.61 Å². The summed E-state index contributed by atoms with van der Waals surface area (Å²) in [6.07, 6.45) is 3.11. The fourth-order valence-corrected chi connectivity index (χ4v) is 1.64. The number of rotatable bonds is 4. The van der Waals surface area contributed by atoms with Crippen LogP contribution in [0.3, 0.4) is 0 Å². The molecule has 0 aliphatic rings. The van der Waals surface area contributed by atoms with Gasteiger partial charge in [-0.15, -0.1) is 0 Å². The zero-order valence-electron chi connectivity index (χ0n) is 8.01. The number of anilines is 1. The van der Waals surface area contributed by atoms with Crippen molar-refractivity contribution in [3.63, 3.8) is 0 Å². The highest BCUT2D eigenvalue weighted by Gasteiger charge is 2.20.